The molecule has 3 rings (SSSR count). The highest BCUT2D eigenvalue weighted by Gasteiger charge is 2.47. The number of anilines is 1. The normalized spacial score (nSPS) is 33.9. The van der Waals surface area contributed by atoms with E-state index in [2.05, 4.69) is 36.5 Å². The maximum absolute atomic E-state index is 3.70. The van der Waals surface area contributed by atoms with E-state index >= 15 is 0 Å². The van der Waals surface area contributed by atoms with Crippen LogP contribution in [0.25, 0.3) is 0 Å². The number of hydrogen-bond acceptors (Lipinski definition) is 1. The minimum absolute atomic E-state index is 0.765. The summed E-state index contributed by atoms with van der Waals surface area (Å²) in [6.07, 6.45) is 4.31. The Morgan fingerprint density at radius 3 is 2.71 bits per heavy atom. The fourth-order valence-corrected chi connectivity index (χ4v) is 2.82. The zero-order chi connectivity index (χ0) is 9.54. The second kappa shape index (κ2) is 3.01. The smallest absolute Gasteiger partial charge is 0.0372 e. The van der Waals surface area contributed by atoms with Gasteiger partial charge in [0.15, 0.2) is 0 Å². The van der Waals surface area contributed by atoms with Gasteiger partial charge in [-0.25, -0.2) is 0 Å². The Hall–Kier alpha value is -0.980. The van der Waals surface area contributed by atoms with Crippen molar-refractivity contribution in [3.8, 4) is 0 Å². The highest BCUT2D eigenvalue weighted by molar-refractivity contribution is 5.51. The van der Waals surface area contributed by atoms with Gasteiger partial charge in [-0.3, -0.25) is 0 Å². The first-order valence-electron chi connectivity index (χ1n) is 5.67. The lowest BCUT2D eigenvalue weighted by Gasteiger charge is -2.17. The van der Waals surface area contributed by atoms with Crippen molar-refractivity contribution in [3.63, 3.8) is 0 Å². The maximum Gasteiger partial charge on any atom is 0.0372 e. The first-order chi connectivity index (χ1) is 6.84. The number of para-hydroxylation sites is 1. The summed E-state index contributed by atoms with van der Waals surface area (Å²) in [6.45, 7) is 2.18. The van der Waals surface area contributed by atoms with Crippen molar-refractivity contribution in [2.45, 2.75) is 32.2 Å². The van der Waals surface area contributed by atoms with E-state index in [1.54, 1.807) is 0 Å². The van der Waals surface area contributed by atoms with E-state index in [0.717, 1.165) is 17.9 Å². The predicted octanol–water partition coefficient (Wildman–Crippen LogP) is 3.21. The van der Waals surface area contributed by atoms with Crippen LogP contribution in [0.2, 0.25) is 0 Å². The molecule has 0 heterocycles. The molecule has 1 aromatic carbocycles. The highest BCUT2D eigenvalue weighted by atomic mass is 15.0. The van der Waals surface area contributed by atoms with Gasteiger partial charge in [-0.2, -0.15) is 0 Å². The van der Waals surface area contributed by atoms with Crippen molar-refractivity contribution >= 4 is 5.69 Å². The molecule has 1 heteroatoms. The van der Waals surface area contributed by atoms with E-state index in [-0.39, 0.29) is 0 Å². The molecule has 0 radical (unpaired) electrons. The lowest BCUT2D eigenvalue weighted by atomic mass is 10.1. The molecule has 0 spiro atoms. The van der Waals surface area contributed by atoms with Crippen molar-refractivity contribution in [1.29, 1.82) is 0 Å². The number of fused-ring (bicyclic) bond motifs is 1. The highest BCUT2D eigenvalue weighted by Crippen LogP contribution is 2.52. The molecule has 14 heavy (non-hydrogen) atoms. The van der Waals surface area contributed by atoms with Crippen LogP contribution in [0.4, 0.5) is 5.69 Å². The van der Waals surface area contributed by atoms with Crippen LogP contribution in [-0.2, 0) is 0 Å². The SMILES string of the molecule is Cc1ccccc1NC1CCC2CC21. The van der Waals surface area contributed by atoms with Gasteiger partial charge in [0, 0.05) is 11.7 Å². The number of benzene rings is 1. The number of rotatable bonds is 2. The third-order valence-corrected chi connectivity index (χ3v) is 3.83. The van der Waals surface area contributed by atoms with Crippen LogP contribution in [0.15, 0.2) is 24.3 Å². The molecule has 1 N–H and O–H groups in total. The minimum Gasteiger partial charge on any atom is -0.382 e. The average molecular weight is 187 g/mol. The summed E-state index contributed by atoms with van der Waals surface area (Å²) in [5.74, 6) is 2.06. The predicted molar refractivity (Wildman–Crippen MR) is 59.4 cm³/mol. The van der Waals surface area contributed by atoms with Crippen LogP contribution in [0.1, 0.15) is 24.8 Å². The summed E-state index contributed by atoms with van der Waals surface area (Å²) >= 11 is 0. The minimum atomic E-state index is 0.765. The van der Waals surface area contributed by atoms with Crippen LogP contribution in [-0.4, -0.2) is 6.04 Å². The van der Waals surface area contributed by atoms with Gasteiger partial charge in [-0.15, -0.1) is 0 Å². The fraction of sp³-hybridized carbons (Fsp3) is 0.538. The van der Waals surface area contributed by atoms with E-state index in [1.807, 2.05) is 0 Å². The molecule has 1 nitrogen and oxygen atoms in total. The average Bonchev–Trinajstić information content (AvgIpc) is 2.87. The molecule has 2 saturated carbocycles. The van der Waals surface area contributed by atoms with Crippen LogP contribution in [0.3, 0.4) is 0 Å². The van der Waals surface area contributed by atoms with Crippen molar-refractivity contribution < 1.29 is 0 Å². The number of aryl methyl sites for hydroxylation is 1. The topological polar surface area (TPSA) is 12.0 Å². The standard InChI is InChI=1S/C13H17N/c1-9-4-2-3-5-12(9)14-13-7-6-10-8-11(10)13/h2-5,10-11,13-14H,6-8H2,1H3. The van der Waals surface area contributed by atoms with E-state index in [9.17, 15) is 0 Å². The Morgan fingerprint density at radius 2 is 2.07 bits per heavy atom. The molecular formula is C13H17N. The summed E-state index contributed by atoms with van der Waals surface area (Å²) in [5, 5.41) is 3.70. The second-order valence-corrected chi connectivity index (χ2v) is 4.80. The van der Waals surface area contributed by atoms with Gasteiger partial charge in [-0.1, -0.05) is 18.2 Å². The molecule has 74 valence electrons. The van der Waals surface area contributed by atoms with E-state index in [0.29, 0.717) is 0 Å². The molecule has 2 fully saturated rings. The van der Waals surface area contributed by atoms with Crippen molar-refractivity contribution in [3.05, 3.63) is 29.8 Å². The third-order valence-electron chi connectivity index (χ3n) is 3.83. The molecule has 3 unspecified atom stereocenters. The lowest BCUT2D eigenvalue weighted by Crippen LogP contribution is -2.19. The van der Waals surface area contributed by atoms with Crippen LogP contribution in [0, 0.1) is 18.8 Å². The molecule has 0 aromatic heterocycles. The Balaban J connectivity index is 1.74. The fourth-order valence-electron chi connectivity index (χ4n) is 2.82. The molecule has 0 saturated heterocycles. The van der Waals surface area contributed by atoms with Crippen LogP contribution in [0.5, 0.6) is 0 Å². The first-order valence-corrected chi connectivity index (χ1v) is 5.67. The van der Waals surface area contributed by atoms with Gasteiger partial charge < -0.3 is 5.32 Å². The quantitative estimate of drug-likeness (QED) is 0.749. The van der Waals surface area contributed by atoms with Gasteiger partial charge in [0.2, 0.25) is 0 Å². The zero-order valence-electron chi connectivity index (χ0n) is 8.66. The molecule has 1 aromatic rings. The molecule has 2 aliphatic carbocycles. The Morgan fingerprint density at radius 1 is 1.21 bits per heavy atom. The monoisotopic (exact) mass is 187 g/mol. The number of hydrogen-bond donors (Lipinski definition) is 1. The van der Waals surface area contributed by atoms with E-state index < -0.39 is 0 Å². The van der Waals surface area contributed by atoms with Gasteiger partial charge in [0.1, 0.15) is 0 Å². The van der Waals surface area contributed by atoms with Crippen molar-refractivity contribution in [2.24, 2.45) is 11.8 Å². The van der Waals surface area contributed by atoms with Crippen molar-refractivity contribution in [1.82, 2.24) is 0 Å². The zero-order valence-corrected chi connectivity index (χ0v) is 8.66. The Labute approximate surface area is 85.5 Å². The molecule has 2 aliphatic rings. The molecular weight excluding hydrogens is 170 g/mol. The lowest BCUT2D eigenvalue weighted by molar-refractivity contribution is 0.654. The molecule has 0 aliphatic heterocycles. The van der Waals surface area contributed by atoms with Gasteiger partial charge in [-0.05, 0) is 49.7 Å². The summed E-state index contributed by atoms with van der Waals surface area (Å²) < 4.78 is 0. The molecule has 3 atom stereocenters. The summed E-state index contributed by atoms with van der Waals surface area (Å²) in [4.78, 5) is 0. The first kappa shape index (κ1) is 8.34. The third kappa shape index (κ3) is 1.31. The largest absolute Gasteiger partial charge is 0.382 e. The second-order valence-electron chi connectivity index (χ2n) is 4.80. The number of nitrogens with one attached hydrogen (secondary N) is 1. The Bertz CT molecular complexity index is 345. The summed E-state index contributed by atoms with van der Waals surface area (Å²) in [6, 6.07) is 9.37. The maximum atomic E-state index is 3.70. The van der Waals surface area contributed by atoms with Gasteiger partial charge in [0.25, 0.3) is 0 Å². The van der Waals surface area contributed by atoms with Crippen molar-refractivity contribution in [2.75, 3.05) is 5.32 Å². The molecule has 0 amide bonds. The summed E-state index contributed by atoms with van der Waals surface area (Å²) in [7, 11) is 0. The van der Waals surface area contributed by atoms with E-state index in [4.69, 9.17) is 0 Å². The van der Waals surface area contributed by atoms with Gasteiger partial charge in [0.05, 0.1) is 0 Å². The van der Waals surface area contributed by atoms with E-state index in [1.165, 1.54) is 30.5 Å². The van der Waals surface area contributed by atoms with Gasteiger partial charge >= 0.3 is 0 Å². The van der Waals surface area contributed by atoms with Crippen LogP contribution >= 0.6 is 0 Å². The Kier molecular flexibility index (Phi) is 1.79. The summed E-state index contributed by atoms with van der Waals surface area (Å²) in [5.41, 5.74) is 2.71. The molecule has 0 bridgehead atoms. The van der Waals surface area contributed by atoms with Crippen LogP contribution < -0.4 is 5.32 Å².